The third kappa shape index (κ3) is 2.15. The largest absolute Gasteiger partial charge is 0.361 e. The van der Waals surface area contributed by atoms with Crippen molar-refractivity contribution in [2.75, 3.05) is 26.2 Å². The van der Waals surface area contributed by atoms with E-state index in [1.807, 2.05) is 0 Å². The first-order chi connectivity index (χ1) is 9.85. The number of hydrogen-bond donors (Lipinski definition) is 2. The molecule has 1 spiro atoms. The van der Waals surface area contributed by atoms with Crippen molar-refractivity contribution in [3.63, 3.8) is 0 Å². The van der Waals surface area contributed by atoms with E-state index in [1.165, 1.54) is 61.9 Å². The van der Waals surface area contributed by atoms with Crippen LogP contribution in [0.4, 0.5) is 0 Å². The zero-order chi connectivity index (χ0) is 13.4. The van der Waals surface area contributed by atoms with E-state index in [0.29, 0.717) is 5.41 Å². The van der Waals surface area contributed by atoms with Gasteiger partial charge in [0.25, 0.3) is 0 Å². The number of fused-ring (bicyclic) bond motifs is 1. The van der Waals surface area contributed by atoms with Gasteiger partial charge >= 0.3 is 0 Å². The molecular formula is C17H23N3. The van der Waals surface area contributed by atoms with Crippen molar-refractivity contribution in [2.45, 2.75) is 25.8 Å². The van der Waals surface area contributed by atoms with Gasteiger partial charge in [-0.1, -0.05) is 18.2 Å². The summed E-state index contributed by atoms with van der Waals surface area (Å²) in [7, 11) is 0. The minimum absolute atomic E-state index is 0.560. The number of aromatic nitrogens is 1. The lowest BCUT2D eigenvalue weighted by Gasteiger charge is -2.34. The van der Waals surface area contributed by atoms with Crippen LogP contribution in [0.25, 0.3) is 10.9 Å². The van der Waals surface area contributed by atoms with Crippen LogP contribution in [-0.4, -0.2) is 36.1 Å². The number of nitrogens with one attached hydrogen (secondary N) is 2. The Morgan fingerprint density at radius 3 is 3.05 bits per heavy atom. The summed E-state index contributed by atoms with van der Waals surface area (Å²) in [6.45, 7) is 6.04. The van der Waals surface area contributed by atoms with Gasteiger partial charge in [0, 0.05) is 36.7 Å². The molecule has 2 N–H and O–H groups in total. The maximum Gasteiger partial charge on any atom is 0.0457 e. The summed E-state index contributed by atoms with van der Waals surface area (Å²) in [4.78, 5) is 6.04. The van der Waals surface area contributed by atoms with Gasteiger partial charge in [-0.3, -0.25) is 4.90 Å². The topological polar surface area (TPSA) is 31.1 Å². The lowest BCUT2D eigenvalue weighted by Crippen LogP contribution is -2.41. The average molecular weight is 269 g/mol. The van der Waals surface area contributed by atoms with E-state index in [4.69, 9.17) is 0 Å². The van der Waals surface area contributed by atoms with E-state index < -0.39 is 0 Å². The summed E-state index contributed by atoms with van der Waals surface area (Å²) in [5.41, 5.74) is 3.27. The van der Waals surface area contributed by atoms with Crippen molar-refractivity contribution < 1.29 is 0 Å². The minimum Gasteiger partial charge on any atom is -0.361 e. The molecule has 106 valence electrons. The van der Waals surface area contributed by atoms with Crippen molar-refractivity contribution in [3.05, 3.63) is 36.0 Å². The van der Waals surface area contributed by atoms with Gasteiger partial charge in [0.2, 0.25) is 0 Å². The molecule has 2 aliphatic heterocycles. The third-order valence-corrected chi connectivity index (χ3v) is 5.15. The lowest BCUT2D eigenvalue weighted by atomic mass is 9.80. The Morgan fingerprint density at radius 1 is 1.20 bits per heavy atom. The molecule has 0 bridgehead atoms. The number of likely N-dealkylation sites (tertiary alicyclic amines) is 1. The molecule has 0 aliphatic carbocycles. The van der Waals surface area contributed by atoms with Crippen LogP contribution in [0.3, 0.4) is 0 Å². The molecule has 0 saturated carbocycles. The van der Waals surface area contributed by atoms with Crippen LogP contribution in [-0.2, 0) is 6.54 Å². The van der Waals surface area contributed by atoms with Crippen LogP contribution in [0.2, 0.25) is 0 Å². The Labute approximate surface area is 120 Å². The molecular weight excluding hydrogens is 246 g/mol. The Balaban J connectivity index is 1.50. The first-order valence-electron chi connectivity index (χ1n) is 7.83. The summed E-state index contributed by atoms with van der Waals surface area (Å²) in [5.74, 6) is 0. The third-order valence-electron chi connectivity index (χ3n) is 5.15. The summed E-state index contributed by atoms with van der Waals surface area (Å²) >= 11 is 0. The highest BCUT2D eigenvalue weighted by atomic mass is 15.2. The Kier molecular flexibility index (Phi) is 3.04. The number of rotatable bonds is 2. The van der Waals surface area contributed by atoms with Gasteiger partial charge in [-0.25, -0.2) is 0 Å². The zero-order valence-electron chi connectivity index (χ0n) is 12.0. The molecule has 1 aromatic heterocycles. The van der Waals surface area contributed by atoms with Crippen LogP contribution >= 0.6 is 0 Å². The smallest absolute Gasteiger partial charge is 0.0457 e. The highest BCUT2D eigenvalue weighted by Gasteiger charge is 2.38. The summed E-state index contributed by atoms with van der Waals surface area (Å²) in [6.07, 6.45) is 6.31. The van der Waals surface area contributed by atoms with Gasteiger partial charge in [-0.2, -0.15) is 0 Å². The molecule has 1 atom stereocenters. The predicted octanol–water partition coefficient (Wildman–Crippen LogP) is 2.74. The van der Waals surface area contributed by atoms with Crippen molar-refractivity contribution in [2.24, 2.45) is 5.41 Å². The van der Waals surface area contributed by atoms with E-state index in [9.17, 15) is 0 Å². The van der Waals surface area contributed by atoms with Crippen LogP contribution in [0, 0.1) is 5.41 Å². The first-order valence-corrected chi connectivity index (χ1v) is 7.83. The molecule has 0 unspecified atom stereocenters. The minimum atomic E-state index is 0.560. The van der Waals surface area contributed by atoms with Gasteiger partial charge in [-0.05, 0) is 49.4 Å². The molecule has 2 fully saturated rings. The fourth-order valence-corrected chi connectivity index (χ4v) is 4.04. The molecule has 3 heterocycles. The van der Waals surface area contributed by atoms with Crippen molar-refractivity contribution in [1.82, 2.24) is 15.2 Å². The second kappa shape index (κ2) is 4.90. The molecule has 1 aromatic carbocycles. The number of para-hydroxylation sites is 1. The first kappa shape index (κ1) is 12.4. The predicted molar refractivity (Wildman–Crippen MR) is 82.7 cm³/mol. The second-order valence-corrected chi connectivity index (χ2v) is 6.60. The quantitative estimate of drug-likeness (QED) is 0.878. The summed E-state index contributed by atoms with van der Waals surface area (Å²) < 4.78 is 0. The van der Waals surface area contributed by atoms with Gasteiger partial charge in [0.1, 0.15) is 0 Å². The SMILES string of the molecule is c1ccc2c(CN3CC[C@@]4(CCCNC4)C3)c[nH]c2c1. The summed E-state index contributed by atoms with van der Waals surface area (Å²) in [5, 5.41) is 4.98. The normalized spacial score (nSPS) is 27.6. The Morgan fingerprint density at radius 2 is 2.15 bits per heavy atom. The zero-order valence-corrected chi connectivity index (χ0v) is 12.0. The highest BCUT2D eigenvalue weighted by molar-refractivity contribution is 5.82. The number of piperidine rings is 1. The Hall–Kier alpha value is -1.32. The number of benzene rings is 1. The molecule has 2 aliphatic rings. The van der Waals surface area contributed by atoms with Gasteiger partial charge in [0.05, 0.1) is 0 Å². The van der Waals surface area contributed by atoms with E-state index in [1.54, 1.807) is 0 Å². The van der Waals surface area contributed by atoms with E-state index in [0.717, 1.165) is 6.54 Å². The van der Waals surface area contributed by atoms with Crippen LogP contribution in [0.1, 0.15) is 24.8 Å². The fraction of sp³-hybridized carbons (Fsp3) is 0.529. The molecule has 2 aromatic rings. The van der Waals surface area contributed by atoms with Gasteiger partial charge < -0.3 is 10.3 Å². The van der Waals surface area contributed by atoms with Crippen molar-refractivity contribution >= 4 is 10.9 Å². The van der Waals surface area contributed by atoms with Crippen molar-refractivity contribution in [3.8, 4) is 0 Å². The van der Waals surface area contributed by atoms with Gasteiger partial charge in [0.15, 0.2) is 0 Å². The van der Waals surface area contributed by atoms with Gasteiger partial charge in [-0.15, -0.1) is 0 Å². The number of H-pyrrole nitrogens is 1. The highest BCUT2D eigenvalue weighted by Crippen LogP contribution is 2.37. The van der Waals surface area contributed by atoms with Crippen LogP contribution in [0.5, 0.6) is 0 Å². The molecule has 20 heavy (non-hydrogen) atoms. The van der Waals surface area contributed by atoms with Crippen LogP contribution in [0.15, 0.2) is 30.5 Å². The molecule has 3 heteroatoms. The fourth-order valence-electron chi connectivity index (χ4n) is 4.04. The standard InChI is InChI=1S/C17H23N3/c1-2-5-16-15(4-1)14(10-19-16)11-20-9-7-17(13-20)6-3-8-18-12-17/h1-2,4-5,10,18-19H,3,6-9,11-13H2/t17-/m1/s1. The monoisotopic (exact) mass is 269 g/mol. The van der Waals surface area contributed by atoms with E-state index in [2.05, 4.69) is 45.7 Å². The van der Waals surface area contributed by atoms with E-state index in [-0.39, 0.29) is 0 Å². The molecule has 2 saturated heterocycles. The average Bonchev–Trinajstić information content (AvgIpc) is 3.06. The second-order valence-electron chi connectivity index (χ2n) is 6.60. The van der Waals surface area contributed by atoms with Crippen LogP contribution < -0.4 is 5.32 Å². The number of nitrogens with zero attached hydrogens (tertiary/aromatic N) is 1. The van der Waals surface area contributed by atoms with E-state index >= 15 is 0 Å². The molecule has 0 radical (unpaired) electrons. The molecule has 0 amide bonds. The maximum atomic E-state index is 3.59. The molecule has 4 rings (SSSR count). The van der Waals surface area contributed by atoms with Crippen molar-refractivity contribution in [1.29, 1.82) is 0 Å². The summed E-state index contributed by atoms with van der Waals surface area (Å²) in [6, 6.07) is 8.63. The lowest BCUT2D eigenvalue weighted by molar-refractivity contribution is 0.200. The number of hydrogen-bond acceptors (Lipinski definition) is 2. The maximum absolute atomic E-state index is 3.59. The number of aromatic amines is 1. The molecule has 3 nitrogen and oxygen atoms in total. The Bertz CT molecular complexity index is 595.